The molecule has 0 heterocycles. The minimum atomic E-state index is -0.0783. The molecule has 0 aliphatic rings. The summed E-state index contributed by atoms with van der Waals surface area (Å²) in [6.45, 7) is 6.19. The topological polar surface area (TPSA) is 29.1 Å². The Hall–Kier alpha value is -1.74. The van der Waals surface area contributed by atoms with Gasteiger partial charge in [-0.15, -0.1) is 11.8 Å². The average Bonchev–Trinajstić information content (AvgIpc) is 2.54. The smallest absolute Gasteiger partial charge is 0.237 e. The van der Waals surface area contributed by atoms with Crippen LogP contribution in [0.4, 0.5) is 5.69 Å². The van der Waals surface area contributed by atoms with Crippen LogP contribution < -0.4 is 5.32 Å². The highest BCUT2D eigenvalue weighted by Gasteiger charge is 2.14. The maximum Gasteiger partial charge on any atom is 0.237 e. The van der Waals surface area contributed by atoms with Crippen molar-refractivity contribution >= 4 is 23.4 Å². The van der Waals surface area contributed by atoms with Gasteiger partial charge in [0.2, 0.25) is 5.91 Å². The van der Waals surface area contributed by atoms with E-state index >= 15 is 0 Å². The summed E-state index contributed by atoms with van der Waals surface area (Å²) in [6, 6.07) is 16.4. The van der Waals surface area contributed by atoms with Crippen molar-refractivity contribution in [2.24, 2.45) is 0 Å². The van der Waals surface area contributed by atoms with Crippen LogP contribution in [0.25, 0.3) is 0 Å². The van der Waals surface area contributed by atoms with Gasteiger partial charge in [0, 0.05) is 11.4 Å². The molecule has 3 heteroatoms. The summed E-state index contributed by atoms with van der Waals surface area (Å²) in [5.74, 6) is 0.915. The number of benzene rings is 2. The molecule has 2 rings (SSSR count). The second-order valence-electron chi connectivity index (χ2n) is 5.42. The zero-order valence-electron chi connectivity index (χ0n) is 13.4. The van der Waals surface area contributed by atoms with E-state index in [1.807, 2.05) is 31.2 Å². The quantitative estimate of drug-likeness (QED) is 0.828. The van der Waals surface area contributed by atoms with Gasteiger partial charge in [-0.2, -0.15) is 0 Å². The van der Waals surface area contributed by atoms with Crippen molar-refractivity contribution in [3.63, 3.8) is 0 Å². The molecule has 2 aromatic carbocycles. The first kappa shape index (κ1) is 16.6. The fourth-order valence-corrected chi connectivity index (χ4v) is 3.09. The van der Waals surface area contributed by atoms with Gasteiger partial charge in [-0.3, -0.25) is 4.79 Å². The molecule has 2 nitrogen and oxygen atoms in total. The van der Waals surface area contributed by atoms with Crippen LogP contribution in [0.3, 0.4) is 0 Å². The van der Waals surface area contributed by atoms with Crippen LogP contribution in [0.1, 0.15) is 30.5 Å². The monoisotopic (exact) mass is 313 g/mol. The largest absolute Gasteiger partial charge is 0.325 e. The van der Waals surface area contributed by atoms with E-state index in [0.29, 0.717) is 0 Å². The maximum atomic E-state index is 12.2. The van der Waals surface area contributed by atoms with E-state index in [1.165, 1.54) is 16.7 Å². The van der Waals surface area contributed by atoms with Crippen LogP contribution in [0.5, 0.6) is 0 Å². The predicted octanol–water partition coefficient (Wildman–Crippen LogP) is 4.82. The molecule has 0 saturated heterocycles. The van der Waals surface area contributed by atoms with Gasteiger partial charge in [0.05, 0.1) is 5.25 Å². The van der Waals surface area contributed by atoms with Crippen molar-refractivity contribution in [2.45, 2.75) is 38.2 Å². The molecule has 22 heavy (non-hydrogen) atoms. The molecule has 1 N–H and O–H groups in total. The molecule has 2 aromatic rings. The van der Waals surface area contributed by atoms with Crippen molar-refractivity contribution in [3.05, 3.63) is 65.2 Å². The molecule has 0 unspecified atom stereocenters. The number of rotatable bonds is 6. The lowest BCUT2D eigenvalue weighted by Crippen LogP contribution is -2.22. The van der Waals surface area contributed by atoms with Crippen LogP contribution in [0.2, 0.25) is 0 Å². The van der Waals surface area contributed by atoms with Gasteiger partial charge in [0.15, 0.2) is 0 Å². The van der Waals surface area contributed by atoms with E-state index in [0.717, 1.165) is 17.9 Å². The minimum Gasteiger partial charge on any atom is -0.325 e. The van der Waals surface area contributed by atoms with Gasteiger partial charge in [0.1, 0.15) is 0 Å². The van der Waals surface area contributed by atoms with Crippen LogP contribution in [-0.4, -0.2) is 11.2 Å². The van der Waals surface area contributed by atoms with Crippen molar-refractivity contribution in [1.29, 1.82) is 0 Å². The molecule has 0 aromatic heterocycles. The van der Waals surface area contributed by atoms with E-state index in [9.17, 15) is 4.79 Å². The summed E-state index contributed by atoms with van der Waals surface area (Å²) in [5.41, 5.74) is 4.71. The maximum absolute atomic E-state index is 12.2. The van der Waals surface area contributed by atoms with Crippen LogP contribution in [-0.2, 0) is 17.0 Å². The molecule has 0 fully saturated rings. The first-order valence-electron chi connectivity index (χ1n) is 7.66. The van der Waals surface area contributed by atoms with Gasteiger partial charge in [0.25, 0.3) is 0 Å². The molecule has 0 bridgehead atoms. The van der Waals surface area contributed by atoms with Crippen LogP contribution in [0.15, 0.2) is 48.5 Å². The molecule has 1 amide bonds. The Kier molecular flexibility index (Phi) is 6.08. The van der Waals surface area contributed by atoms with Crippen molar-refractivity contribution < 1.29 is 4.79 Å². The Morgan fingerprint density at radius 1 is 1.14 bits per heavy atom. The van der Waals surface area contributed by atoms with E-state index in [2.05, 4.69) is 43.4 Å². The molecule has 0 saturated carbocycles. The lowest BCUT2D eigenvalue weighted by Gasteiger charge is -2.13. The van der Waals surface area contributed by atoms with E-state index in [-0.39, 0.29) is 11.2 Å². The molecule has 0 radical (unpaired) electrons. The fourth-order valence-electron chi connectivity index (χ4n) is 2.13. The number of anilines is 1. The van der Waals surface area contributed by atoms with Crippen molar-refractivity contribution in [3.8, 4) is 0 Å². The number of amides is 1. The Bertz CT molecular complexity index is 622. The summed E-state index contributed by atoms with van der Waals surface area (Å²) in [6.07, 6.45) is 1.01. The molecule has 1 atom stereocenters. The highest BCUT2D eigenvalue weighted by Crippen LogP contribution is 2.21. The number of carbonyl (C=O) groups excluding carboxylic acids is 1. The van der Waals surface area contributed by atoms with Crippen molar-refractivity contribution in [1.82, 2.24) is 0 Å². The lowest BCUT2D eigenvalue weighted by molar-refractivity contribution is -0.115. The summed E-state index contributed by atoms with van der Waals surface area (Å²) in [5, 5.41) is 2.91. The molecule has 0 aliphatic carbocycles. The van der Waals surface area contributed by atoms with Gasteiger partial charge < -0.3 is 5.32 Å². The number of aryl methyl sites for hydroxylation is 2. The summed E-state index contributed by atoms with van der Waals surface area (Å²) in [4.78, 5) is 12.2. The second kappa shape index (κ2) is 8.04. The number of thioether (sulfide) groups is 1. The third-order valence-electron chi connectivity index (χ3n) is 3.75. The lowest BCUT2D eigenvalue weighted by atomic mass is 10.1. The molecular weight excluding hydrogens is 290 g/mol. The zero-order chi connectivity index (χ0) is 15.9. The summed E-state index contributed by atoms with van der Waals surface area (Å²) >= 11 is 1.67. The number of carbonyl (C=O) groups is 1. The van der Waals surface area contributed by atoms with Gasteiger partial charge in [-0.05, 0) is 49.1 Å². The first-order chi connectivity index (χ1) is 10.6. The number of nitrogens with one attached hydrogen (secondary N) is 1. The van der Waals surface area contributed by atoms with Gasteiger partial charge >= 0.3 is 0 Å². The Labute approximate surface area is 137 Å². The molecule has 0 spiro atoms. The fraction of sp³-hybridized carbons (Fsp3) is 0.316. The molecule has 116 valence electrons. The second-order valence-corrected chi connectivity index (χ2v) is 6.75. The van der Waals surface area contributed by atoms with Gasteiger partial charge in [-0.25, -0.2) is 0 Å². The van der Waals surface area contributed by atoms with Gasteiger partial charge in [-0.1, -0.05) is 43.3 Å². The third kappa shape index (κ3) is 4.63. The summed E-state index contributed by atoms with van der Waals surface area (Å²) in [7, 11) is 0. The average molecular weight is 313 g/mol. The Morgan fingerprint density at radius 3 is 2.45 bits per heavy atom. The Balaban J connectivity index is 1.87. The normalized spacial score (nSPS) is 12.0. The number of hydrogen-bond donors (Lipinski definition) is 1. The summed E-state index contributed by atoms with van der Waals surface area (Å²) < 4.78 is 0. The Morgan fingerprint density at radius 2 is 1.82 bits per heavy atom. The van der Waals surface area contributed by atoms with Crippen LogP contribution in [0, 0.1) is 6.92 Å². The predicted molar refractivity (Wildman–Crippen MR) is 96.4 cm³/mol. The number of hydrogen-bond acceptors (Lipinski definition) is 2. The van der Waals surface area contributed by atoms with Crippen LogP contribution >= 0.6 is 11.8 Å². The minimum absolute atomic E-state index is 0.0582. The molecular formula is C19H23NOS. The third-order valence-corrected chi connectivity index (χ3v) is 4.94. The van der Waals surface area contributed by atoms with Crippen molar-refractivity contribution in [2.75, 3.05) is 5.32 Å². The van der Waals surface area contributed by atoms with E-state index in [1.54, 1.807) is 11.8 Å². The van der Waals surface area contributed by atoms with E-state index < -0.39 is 0 Å². The SMILES string of the molecule is CCc1ccc(NC(=O)[C@@H](C)SCc2ccccc2C)cc1. The zero-order valence-corrected chi connectivity index (χ0v) is 14.2. The van der Waals surface area contributed by atoms with E-state index in [4.69, 9.17) is 0 Å². The highest BCUT2D eigenvalue weighted by molar-refractivity contribution is 7.99. The standard InChI is InChI=1S/C19H23NOS/c1-4-16-9-11-18(12-10-16)20-19(21)15(3)22-13-17-8-6-5-7-14(17)2/h5-12,15H,4,13H2,1-3H3,(H,20,21)/t15-/m1/s1. The first-order valence-corrected chi connectivity index (χ1v) is 8.71. The highest BCUT2D eigenvalue weighted by atomic mass is 32.2. The molecule has 0 aliphatic heterocycles.